The van der Waals surface area contributed by atoms with Crippen molar-refractivity contribution in [2.45, 2.75) is 0 Å². The summed E-state index contributed by atoms with van der Waals surface area (Å²) in [6.07, 6.45) is 3.74. The SMILES string of the molecule is N#Cc1ccc(-n2cc(-c3ccc(N)cc3)cn2)c(Br)c1. The number of nitrogens with zero attached hydrogens (tertiary/aromatic N) is 3. The van der Waals surface area contributed by atoms with Gasteiger partial charge in [-0.15, -0.1) is 0 Å². The van der Waals surface area contributed by atoms with Crippen molar-refractivity contribution in [1.82, 2.24) is 9.78 Å². The maximum Gasteiger partial charge on any atom is 0.0992 e. The number of nitriles is 1. The molecule has 1 heterocycles. The summed E-state index contributed by atoms with van der Waals surface area (Å²) in [5.41, 5.74) is 9.99. The monoisotopic (exact) mass is 338 g/mol. The van der Waals surface area contributed by atoms with Gasteiger partial charge in [-0.05, 0) is 51.8 Å². The Balaban J connectivity index is 1.99. The number of hydrogen-bond acceptors (Lipinski definition) is 3. The topological polar surface area (TPSA) is 67.6 Å². The second-order valence-electron chi connectivity index (χ2n) is 4.57. The van der Waals surface area contributed by atoms with Crippen molar-refractivity contribution in [1.29, 1.82) is 5.26 Å². The highest BCUT2D eigenvalue weighted by Crippen LogP contribution is 2.25. The second-order valence-corrected chi connectivity index (χ2v) is 5.43. The molecule has 0 aliphatic heterocycles. The van der Waals surface area contributed by atoms with Crippen molar-refractivity contribution in [2.75, 3.05) is 5.73 Å². The van der Waals surface area contributed by atoms with E-state index in [9.17, 15) is 0 Å². The Morgan fingerprint density at radius 2 is 1.86 bits per heavy atom. The van der Waals surface area contributed by atoms with Crippen LogP contribution >= 0.6 is 15.9 Å². The molecule has 0 saturated heterocycles. The first-order valence-corrected chi connectivity index (χ1v) is 7.07. The maximum atomic E-state index is 8.90. The Labute approximate surface area is 130 Å². The van der Waals surface area contributed by atoms with Gasteiger partial charge in [0.25, 0.3) is 0 Å². The summed E-state index contributed by atoms with van der Waals surface area (Å²) in [7, 11) is 0. The smallest absolute Gasteiger partial charge is 0.0992 e. The van der Waals surface area contributed by atoms with E-state index in [1.165, 1.54) is 0 Å². The van der Waals surface area contributed by atoms with E-state index in [4.69, 9.17) is 11.0 Å². The molecule has 0 radical (unpaired) electrons. The summed E-state index contributed by atoms with van der Waals surface area (Å²) in [6, 6.07) is 15.2. The third-order valence-corrected chi connectivity index (χ3v) is 3.79. The Morgan fingerprint density at radius 3 is 2.52 bits per heavy atom. The van der Waals surface area contributed by atoms with Gasteiger partial charge in [-0.2, -0.15) is 10.4 Å². The highest BCUT2D eigenvalue weighted by atomic mass is 79.9. The van der Waals surface area contributed by atoms with Crippen LogP contribution in [-0.2, 0) is 0 Å². The number of anilines is 1. The fourth-order valence-corrected chi connectivity index (χ4v) is 2.60. The molecule has 3 rings (SSSR count). The summed E-state index contributed by atoms with van der Waals surface area (Å²) in [5.74, 6) is 0. The van der Waals surface area contributed by atoms with E-state index >= 15 is 0 Å². The van der Waals surface area contributed by atoms with Crippen LogP contribution in [0, 0.1) is 11.3 Å². The molecule has 4 nitrogen and oxygen atoms in total. The molecule has 0 spiro atoms. The molecule has 21 heavy (non-hydrogen) atoms. The van der Waals surface area contributed by atoms with Crippen LogP contribution in [0.2, 0.25) is 0 Å². The van der Waals surface area contributed by atoms with Crippen molar-refractivity contribution in [3.8, 4) is 22.9 Å². The van der Waals surface area contributed by atoms with E-state index in [2.05, 4.69) is 27.1 Å². The van der Waals surface area contributed by atoms with Crippen molar-refractivity contribution >= 4 is 21.6 Å². The lowest BCUT2D eigenvalue weighted by Crippen LogP contribution is -1.95. The molecule has 0 aliphatic carbocycles. The van der Waals surface area contributed by atoms with Gasteiger partial charge in [-0.3, -0.25) is 0 Å². The first-order chi connectivity index (χ1) is 10.2. The zero-order valence-corrected chi connectivity index (χ0v) is 12.6. The van der Waals surface area contributed by atoms with Crippen LogP contribution in [0.3, 0.4) is 0 Å². The van der Waals surface area contributed by atoms with E-state index in [0.29, 0.717) is 5.56 Å². The van der Waals surface area contributed by atoms with Gasteiger partial charge < -0.3 is 5.73 Å². The van der Waals surface area contributed by atoms with Gasteiger partial charge in [0.05, 0.1) is 23.5 Å². The van der Waals surface area contributed by atoms with Crippen LogP contribution in [0.1, 0.15) is 5.56 Å². The van der Waals surface area contributed by atoms with Crippen molar-refractivity contribution in [3.63, 3.8) is 0 Å². The summed E-state index contributed by atoms with van der Waals surface area (Å²) in [5, 5.41) is 13.3. The zero-order chi connectivity index (χ0) is 14.8. The van der Waals surface area contributed by atoms with Crippen LogP contribution < -0.4 is 5.73 Å². The standard InChI is InChI=1S/C16H11BrN4/c17-15-7-11(8-18)1-6-16(15)21-10-13(9-20-21)12-2-4-14(19)5-3-12/h1-7,9-10H,19H2. The molecule has 0 bridgehead atoms. The quantitative estimate of drug-likeness (QED) is 0.723. The lowest BCUT2D eigenvalue weighted by Gasteiger charge is -2.04. The molecular weight excluding hydrogens is 328 g/mol. The Hall–Kier alpha value is -2.58. The molecule has 2 aromatic carbocycles. The predicted octanol–water partition coefficient (Wildman–Crippen LogP) is 3.76. The van der Waals surface area contributed by atoms with E-state index in [1.807, 2.05) is 36.5 Å². The van der Waals surface area contributed by atoms with Crippen LogP contribution in [-0.4, -0.2) is 9.78 Å². The average Bonchev–Trinajstić information content (AvgIpc) is 2.97. The Morgan fingerprint density at radius 1 is 1.10 bits per heavy atom. The molecule has 0 aliphatic rings. The number of halogens is 1. The lowest BCUT2D eigenvalue weighted by molar-refractivity contribution is 0.876. The molecule has 0 unspecified atom stereocenters. The van der Waals surface area contributed by atoms with Crippen molar-refractivity contribution < 1.29 is 0 Å². The zero-order valence-electron chi connectivity index (χ0n) is 11.0. The van der Waals surface area contributed by atoms with Crippen molar-refractivity contribution in [2.24, 2.45) is 0 Å². The third kappa shape index (κ3) is 2.67. The Kier molecular flexibility index (Phi) is 3.46. The van der Waals surface area contributed by atoms with Gasteiger partial charge in [-0.25, -0.2) is 4.68 Å². The summed E-state index contributed by atoms with van der Waals surface area (Å²) >= 11 is 3.47. The number of aromatic nitrogens is 2. The average molecular weight is 339 g/mol. The van der Waals surface area contributed by atoms with Gasteiger partial charge >= 0.3 is 0 Å². The van der Waals surface area contributed by atoms with E-state index < -0.39 is 0 Å². The fourth-order valence-electron chi connectivity index (χ4n) is 2.04. The van der Waals surface area contributed by atoms with Gasteiger partial charge in [0.1, 0.15) is 0 Å². The largest absolute Gasteiger partial charge is 0.399 e. The summed E-state index contributed by atoms with van der Waals surface area (Å²) in [6.45, 7) is 0. The van der Waals surface area contributed by atoms with E-state index in [1.54, 1.807) is 23.0 Å². The fraction of sp³-hybridized carbons (Fsp3) is 0. The minimum atomic E-state index is 0.608. The number of benzene rings is 2. The predicted molar refractivity (Wildman–Crippen MR) is 85.8 cm³/mol. The summed E-state index contributed by atoms with van der Waals surface area (Å²) in [4.78, 5) is 0. The molecule has 0 atom stereocenters. The molecule has 0 fully saturated rings. The van der Waals surface area contributed by atoms with Crippen molar-refractivity contribution in [3.05, 3.63) is 64.9 Å². The lowest BCUT2D eigenvalue weighted by atomic mass is 10.1. The molecular formula is C16H11BrN4. The molecule has 1 aromatic heterocycles. The number of hydrogen-bond donors (Lipinski definition) is 1. The summed E-state index contributed by atoms with van der Waals surface area (Å²) < 4.78 is 2.60. The number of rotatable bonds is 2. The molecule has 3 aromatic rings. The van der Waals surface area contributed by atoms with Gasteiger partial charge in [0, 0.05) is 21.9 Å². The van der Waals surface area contributed by atoms with Crippen LogP contribution in [0.15, 0.2) is 59.3 Å². The van der Waals surface area contributed by atoms with Gasteiger partial charge in [-0.1, -0.05) is 12.1 Å². The second kappa shape index (κ2) is 5.43. The van der Waals surface area contributed by atoms with Crippen LogP contribution in [0.25, 0.3) is 16.8 Å². The Bertz CT molecular complexity index is 828. The minimum Gasteiger partial charge on any atom is -0.399 e. The van der Waals surface area contributed by atoms with Gasteiger partial charge in [0.15, 0.2) is 0 Å². The first kappa shape index (κ1) is 13.4. The van der Waals surface area contributed by atoms with Crippen LogP contribution in [0.5, 0.6) is 0 Å². The molecule has 5 heteroatoms. The van der Waals surface area contributed by atoms with E-state index in [-0.39, 0.29) is 0 Å². The maximum absolute atomic E-state index is 8.90. The number of nitrogens with two attached hydrogens (primary N) is 1. The van der Waals surface area contributed by atoms with Crippen LogP contribution in [0.4, 0.5) is 5.69 Å². The third-order valence-electron chi connectivity index (χ3n) is 3.15. The normalized spacial score (nSPS) is 10.3. The highest BCUT2D eigenvalue weighted by molar-refractivity contribution is 9.10. The van der Waals surface area contributed by atoms with Gasteiger partial charge in [0.2, 0.25) is 0 Å². The molecule has 2 N–H and O–H groups in total. The number of nitrogen functional groups attached to an aromatic ring is 1. The first-order valence-electron chi connectivity index (χ1n) is 6.28. The van der Waals surface area contributed by atoms with E-state index in [0.717, 1.165) is 27.0 Å². The molecule has 0 saturated carbocycles. The molecule has 102 valence electrons. The molecule has 0 amide bonds. The minimum absolute atomic E-state index is 0.608. The highest BCUT2D eigenvalue weighted by Gasteiger charge is 2.07.